The Balaban J connectivity index is 1.55. The van der Waals surface area contributed by atoms with E-state index in [1.807, 2.05) is 24.0 Å². The maximum absolute atomic E-state index is 12.8. The van der Waals surface area contributed by atoms with Crippen LogP contribution in [0.3, 0.4) is 0 Å². The normalized spacial score (nSPS) is 22.9. The molecule has 2 aliphatic heterocycles. The first-order valence-electron chi connectivity index (χ1n) is 9.56. The maximum Gasteiger partial charge on any atom is 0.289 e. The average molecular weight is 349 g/mol. The molecule has 2 fully saturated rings. The van der Waals surface area contributed by atoms with Gasteiger partial charge >= 0.3 is 0 Å². The van der Waals surface area contributed by atoms with E-state index in [0.29, 0.717) is 18.8 Å². The monoisotopic (exact) mass is 349 g/mol. The molecule has 1 atom stereocenters. The second-order valence-electron chi connectivity index (χ2n) is 7.18. The van der Waals surface area contributed by atoms with E-state index in [1.165, 1.54) is 6.42 Å². The molecule has 25 heavy (non-hydrogen) atoms. The summed E-state index contributed by atoms with van der Waals surface area (Å²) < 4.78 is 11.6. The summed E-state index contributed by atoms with van der Waals surface area (Å²) in [6.45, 7) is 9.17. The molecule has 6 heteroatoms. The Morgan fingerprint density at radius 2 is 2.04 bits per heavy atom. The molecule has 2 aliphatic rings. The molecule has 1 aromatic heterocycles. The van der Waals surface area contributed by atoms with E-state index in [4.69, 9.17) is 9.15 Å². The van der Waals surface area contributed by atoms with Crippen LogP contribution in [-0.2, 0) is 11.3 Å². The summed E-state index contributed by atoms with van der Waals surface area (Å²) in [7, 11) is 2.15. The molecule has 2 saturated heterocycles. The van der Waals surface area contributed by atoms with E-state index in [1.54, 1.807) is 0 Å². The molecule has 0 bridgehead atoms. The number of ether oxygens (including phenoxy) is 1. The Morgan fingerprint density at radius 1 is 1.24 bits per heavy atom. The van der Waals surface area contributed by atoms with Gasteiger partial charge in [0.15, 0.2) is 5.76 Å². The fourth-order valence-corrected chi connectivity index (χ4v) is 3.51. The third kappa shape index (κ3) is 5.06. The minimum atomic E-state index is -0.0266. The van der Waals surface area contributed by atoms with E-state index in [9.17, 15) is 4.79 Å². The SMILES string of the molecule is CCN(CC1CCCCO1)C(=O)c1ccc(CN2CCN(C)CC2)o1. The highest BCUT2D eigenvalue weighted by Crippen LogP contribution is 2.17. The van der Waals surface area contributed by atoms with Gasteiger partial charge in [-0.1, -0.05) is 0 Å². The first kappa shape index (κ1) is 18.4. The number of piperazine rings is 1. The van der Waals surface area contributed by atoms with Crippen molar-refractivity contribution in [3.63, 3.8) is 0 Å². The lowest BCUT2D eigenvalue weighted by Crippen LogP contribution is -2.43. The van der Waals surface area contributed by atoms with Crippen molar-refractivity contribution in [2.75, 3.05) is 52.9 Å². The lowest BCUT2D eigenvalue weighted by atomic mass is 10.1. The largest absolute Gasteiger partial charge is 0.455 e. The van der Waals surface area contributed by atoms with Gasteiger partial charge in [0.2, 0.25) is 0 Å². The van der Waals surface area contributed by atoms with E-state index in [2.05, 4.69) is 16.8 Å². The van der Waals surface area contributed by atoms with Crippen LogP contribution in [0.5, 0.6) is 0 Å². The van der Waals surface area contributed by atoms with Crippen LogP contribution in [0.25, 0.3) is 0 Å². The summed E-state index contributed by atoms with van der Waals surface area (Å²) in [6.07, 6.45) is 3.52. The third-order valence-electron chi connectivity index (χ3n) is 5.21. The van der Waals surface area contributed by atoms with Gasteiger partial charge in [-0.05, 0) is 45.4 Å². The van der Waals surface area contributed by atoms with E-state index >= 15 is 0 Å². The average Bonchev–Trinajstić information content (AvgIpc) is 3.10. The first-order valence-corrected chi connectivity index (χ1v) is 9.56. The van der Waals surface area contributed by atoms with E-state index in [-0.39, 0.29) is 12.0 Å². The number of likely N-dealkylation sites (N-methyl/N-ethyl adjacent to an activating group) is 2. The Labute approximate surface area is 150 Å². The molecule has 0 radical (unpaired) electrons. The van der Waals surface area contributed by atoms with Gasteiger partial charge in [0.1, 0.15) is 5.76 Å². The zero-order chi connectivity index (χ0) is 17.6. The highest BCUT2D eigenvalue weighted by Gasteiger charge is 2.24. The van der Waals surface area contributed by atoms with Crippen molar-refractivity contribution in [1.29, 1.82) is 0 Å². The van der Waals surface area contributed by atoms with Gasteiger partial charge in [-0.3, -0.25) is 9.69 Å². The number of hydrogen-bond donors (Lipinski definition) is 0. The molecular formula is C19H31N3O3. The number of carbonyl (C=O) groups is 1. The minimum absolute atomic E-state index is 0.0266. The Morgan fingerprint density at radius 3 is 2.72 bits per heavy atom. The van der Waals surface area contributed by atoms with Gasteiger partial charge in [-0.15, -0.1) is 0 Å². The summed E-state index contributed by atoms with van der Waals surface area (Å²) in [5.74, 6) is 1.29. The molecular weight excluding hydrogens is 318 g/mol. The van der Waals surface area contributed by atoms with Crippen molar-refractivity contribution in [1.82, 2.24) is 14.7 Å². The Hall–Kier alpha value is -1.37. The van der Waals surface area contributed by atoms with Gasteiger partial charge < -0.3 is 19.0 Å². The molecule has 1 aromatic rings. The quantitative estimate of drug-likeness (QED) is 0.787. The zero-order valence-corrected chi connectivity index (χ0v) is 15.6. The van der Waals surface area contributed by atoms with E-state index in [0.717, 1.165) is 57.9 Å². The Kier molecular flexibility index (Phi) is 6.51. The molecule has 0 aromatic carbocycles. The third-order valence-corrected chi connectivity index (χ3v) is 5.21. The number of hydrogen-bond acceptors (Lipinski definition) is 5. The van der Waals surface area contributed by atoms with Crippen molar-refractivity contribution >= 4 is 5.91 Å². The lowest BCUT2D eigenvalue weighted by Gasteiger charge is -2.31. The fraction of sp³-hybridized carbons (Fsp3) is 0.737. The maximum atomic E-state index is 12.8. The van der Waals surface area contributed by atoms with Crippen LogP contribution < -0.4 is 0 Å². The number of nitrogens with zero attached hydrogens (tertiary/aromatic N) is 3. The molecule has 140 valence electrons. The van der Waals surface area contributed by atoms with Crippen LogP contribution in [0.4, 0.5) is 0 Å². The lowest BCUT2D eigenvalue weighted by molar-refractivity contribution is -0.00374. The summed E-state index contributed by atoms with van der Waals surface area (Å²) in [5, 5.41) is 0. The molecule has 0 aliphatic carbocycles. The van der Waals surface area contributed by atoms with Crippen LogP contribution in [0.2, 0.25) is 0 Å². The fourth-order valence-electron chi connectivity index (χ4n) is 3.51. The second kappa shape index (κ2) is 8.83. The number of carbonyl (C=O) groups excluding carboxylic acids is 1. The highest BCUT2D eigenvalue weighted by molar-refractivity contribution is 5.91. The first-order chi connectivity index (χ1) is 12.2. The predicted octanol–water partition coefficient (Wildman–Crippen LogP) is 2.06. The van der Waals surface area contributed by atoms with Crippen molar-refractivity contribution in [2.45, 2.75) is 38.8 Å². The molecule has 0 spiro atoms. The van der Waals surface area contributed by atoms with Crippen molar-refractivity contribution < 1.29 is 13.9 Å². The second-order valence-corrected chi connectivity index (χ2v) is 7.18. The van der Waals surface area contributed by atoms with Crippen LogP contribution in [-0.4, -0.2) is 79.6 Å². The van der Waals surface area contributed by atoms with Crippen molar-refractivity contribution in [2.24, 2.45) is 0 Å². The molecule has 3 heterocycles. The van der Waals surface area contributed by atoms with Gasteiger partial charge in [0, 0.05) is 45.9 Å². The molecule has 0 saturated carbocycles. The summed E-state index contributed by atoms with van der Waals surface area (Å²) in [6, 6.07) is 3.76. The molecule has 6 nitrogen and oxygen atoms in total. The minimum Gasteiger partial charge on any atom is -0.455 e. The Bertz CT molecular complexity index is 546. The van der Waals surface area contributed by atoms with Gasteiger partial charge in [0.05, 0.1) is 12.6 Å². The summed E-state index contributed by atoms with van der Waals surface area (Å²) in [5.41, 5.74) is 0. The highest BCUT2D eigenvalue weighted by atomic mass is 16.5. The summed E-state index contributed by atoms with van der Waals surface area (Å²) >= 11 is 0. The predicted molar refractivity (Wildman–Crippen MR) is 96.7 cm³/mol. The van der Waals surface area contributed by atoms with Crippen LogP contribution >= 0.6 is 0 Å². The molecule has 1 unspecified atom stereocenters. The molecule has 3 rings (SSSR count). The van der Waals surface area contributed by atoms with Crippen molar-refractivity contribution in [3.05, 3.63) is 23.7 Å². The number of furan rings is 1. The van der Waals surface area contributed by atoms with Gasteiger partial charge in [-0.25, -0.2) is 0 Å². The van der Waals surface area contributed by atoms with Gasteiger partial charge in [0.25, 0.3) is 5.91 Å². The van der Waals surface area contributed by atoms with Crippen LogP contribution in [0, 0.1) is 0 Å². The molecule has 0 N–H and O–H groups in total. The zero-order valence-electron chi connectivity index (χ0n) is 15.6. The van der Waals surface area contributed by atoms with Crippen LogP contribution in [0.15, 0.2) is 16.5 Å². The smallest absolute Gasteiger partial charge is 0.289 e. The standard InChI is InChI=1S/C19H31N3O3/c1-3-22(15-16-6-4-5-13-24-16)19(23)18-8-7-17(25-18)14-21-11-9-20(2)10-12-21/h7-8,16H,3-6,9-15H2,1-2H3. The van der Waals surface area contributed by atoms with Crippen LogP contribution in [0.1, 0.15) is 42.5 Å². The topological polar surface area (TPSA) is 49.2 Å². The number of rotatable bonds is 6. The number of amides is 1. The van der Waals surface area contributed by atoms with Gasteiger partial charge in [-0.2, -0.15) is 0 Å². The molecule has 1 amide bonds. The summed E-state index contributed by atoms with van der Waals surface area (Å²) in [4.78, 5) is 19.3. The van der Waals surface area contributed by atoms with E-state index < -0.39 is 0 Å². The van der Waals surface area contributed by atoms with Crippen molar-refractivity contribution in [3.8, 4) is 0 Å².